The number of aromatic nitrogens is 3. The summed E-state index contributed by atoms with van der Waals surface area (Å²) in [7, 11) is 2.08. The Bertz CT molecular complexity index is 1610. The van der Waals surface area contributed by atoms with Gasteiger partial charge in [0, 0.05) is 54.8 Å². The van der Waals surface area contributed by atoms with Crippen LogP contribution in [-0.2, 0) is 17.8 Å². The lowest BCUT2D eigenvalue weighted by Crippen LogP contribution is -2.55. The quantitative estimate of drug-likeness (QED) is 0.351. The molecule has 240 valence electrons. The van der Waals surface area contributed by atoms with E-state index < -0.39 is 17.8 Å². The minimum atomic E-state index is -1.04. The van der Waals surface area contributed by atoms with Crippen LogP contribution in [0.5, 0.6) is 6.01 Å². The first-order chi connectivity index (χ1) is 20.8. The Morgan fingerprint density at radius 3 is 2.69 bits per heavy atom. The molecule has 2 aromatic heterocycles. The number of carbonyl (C=O) groups excluding carboxylic acids is 1. The number of hydrogen-bond donors (Lipinski definition) is 0. The van der Waals surface area contributed by atoms with Gasteiger partial charge in [0.1, 0.15) is 18.2 Å². The second-order valence-electron chi connectivity index (χ2n) is 11.4. The molecule has 0 spiro atoms. The number of carbonyl (C=O) groups is 1. The first kappa shape index (κ1) is 34.2. The maximum atomic E-state index is 14.2. The third-order valence-electron chi connectivity index (χ3n) is 8.74. The molecule has 0 radical (unpaired) electrons. The molecule has 0 saturated carbocycles. The number of benzene rings is 1. The van der Waals surface area contributed by atoms with E-state index in [4.69, 9.17) is 14.7 Å². The van der Waals surface area contributed by atoms with E-state index in [1.807, 2.05) is 4.90 Å². The van der Waals surface area contributed by atoms with Crippen LogP contribution in [0.25, 0.3) is 10.8 Å². The maximum Gasteiger partial charge on any atom is 0.318 e. The topological polar surface area (TPSA) is 102 Å². The summed E-state index contributed by atoms with van der Waals surface area (Å²) in [6.45, 7) is 6.68. The third-order valence-corrected chi connectivity index (χ3v) is 8.74. The fourth-order valence-electron chi connectivity index (χ4n) is 6.40. The predicted octanol–water partition coefficient (Wildman–Crippen LogP) is 3.84. The van der Waals surface area contributed by atoms with E-state index >= 15 is 0 Å². The van der Waals surface area contributed by atoms with E-state index in [0.29, 0.717) is 45.0 Å². The zero-order chi connectivity index (χ0) is 30.1. The lowest BCUT2D eigenvalue weighted by Gasteiger charge is -2.42. The second kappa shape index (κ2) is 14.6. The molecule has 1 amide bonds. The molecule has 0 N–H and O–H groups in total. The Labute approximate surface area is 275 Å². The van der Waals surface area contributed by atoms with Gasteiger partial charge in [0.05, 0.1) is 42.7 Å². The van der Waals surface area contributed by atoms with Gasteiger partial charge >= 0.3 is 6.01 Å². The minimum absolute atomic E-state index is 0. The number of pyridine rings is 1. The summed E-state index contributed by atoms with van der Waals surface area (Å²) in [5, 5.41) is 11.1. The monoisotopic (exact) mass is 656 g/mol. The number of ether oxygens (including phenoxy) is 1. The number of hydrogen-bond acceptors (Lipinski definition) is 9. The van der Waals surface area contributed by atoms with Gasteiger partial charge in [-0.15, -0.1) is 0 Å². The standard InChI is InChI=1S/C31H34F2N8O2.2H2S/c1-20(32)30(42)41-13-12-40(17-23(41)7-9-34)29-25-8-11-39(28-16-35-15-21-5-6-22(33)14-26(21)28)18-27(25)36-31(37-29)43-19-24-4-3-10-38(24)2;;/h5-6,14-16,23-24H,1,3-4,7-8,10-13,17-19H2,2H3;2*1H2/t23-,24-;;/m0../s1. The molecular weight excluding hydrogens is 619 g/mol. The molecule has 0 bridgehead atoms. The normalized spacial score (nSPS) is 19.7. The number of piperazine rings is 1. The van der Waals surface area contributed by atoms with Gasteiger partial charge in [0.25, 0.3) is 5.91 Å². The number of likely N-dealkylation sites (N-methyl/N-ethyl adjacent to an activating group) is 1. The van der Waals surface area contributed by atoms with Crippen LogP contribution < -0.4 is 14.5 Å². The van der Waals surface area contributed by atoms with Crippen LogP contribution in [0, 0.1) is 17.1 Å². The van der Waals surface area contributed by atoms with Crippen molar-refractivity contribution < 1.29 is 18.3 Å². The maximum absolute atomic E-state index is 14.2. The van der Waals surface area contributed by atoms with Gasteiger partial charge < -0.3 is 24.3 Å². The molecule has 5 heterocycles. The average Bonchev–Trinajstić information content (AvgIpc) is 3.43. The van der Waals surface area contributed by atoms with Crippen LogP contribution in [0.2, 0.25) is 0 Å². The van der Waals surface area contributed by atoms with E-state index in [-0.39, 0.29) is 57.8 Å². The van der Waals surface area contributed by atoms with E-state index in [0.717, 1.165) is 47.1 Å². The Hall–Kier alpha value is -3.67. The molecule has 6 rings (SSSR count). The molecule has 14 heteroatoms. The number of fused-ring (bicyclic) bond motifs is 2. The van der Waals surface area contributed by atoms with Crippen LogP contribution in [0.4, 0.5) is 20.3 Å². The molecule has 45 heavy (non-hydrogen) atoms. The number of anilines is 2. The third kappa shape index (κ3) is 7.10. The van der Waals surface area contributed by atoms with Gasteiger partial charge in [0.2, 0.25) is 0 Å². The molecule has 0 aliphatic carbocycles. The molecule has 0 unspecified atom stereocenters. The zero-order valence-electron chi connectivity index (χ0n) is 25.2. The van der Waals surface area contributed by atoms with Crippen molar-refractivity contribution in [2.24, 2.45) is 0 Å². The van der Waals surface area contributed by atoms with Gasteiger partial charge in [-0.3, -0.25) is 9.78 Å². The first-order valence-electron chi connectivity index (χ1n) is 14.6. The van der Waals surface area contributed by atoms with E-state index in [2.05, 4.69) is 34.5 Å². The summed E-state index contributed by atoms with van der Waals surface area (Å²) in [5.74, 6) is -1.43. The smallest absolute Gasteiger partial charge is 0.318 e. The molecule has 2 saturated heterocycles. The highest BCUT2D eigenvalue weighted by Gasteiger charge is 2.35. The fraction of sp³-hybridized carbons (Fsp3) is 0.452. The van der Waals surface area contributed by atoms with Crippen LogP contribution >= 0.6 is 27.0 Å². The molecule has 3 aliphatic rings. The van der Waals surface area contributed by atoms with Gasteiger partial charge in [-0.1, -0.05) is 6.58 Å². The highest BCUT2D eigenvalue weighted by molar-refractivity contribution is 7.59. The van der Waals surface area contributed by atoms with Crippen LogP contribution in [0.15, 0.2) is 43.0 Å². The highest BCUT2D eigenvalue weighted by Crippen LogP contribution is 2.35. The van der Waals surface area contributed by atoms with E-state index in [9.17, 15) is 18.8 Å². The molecule has 3 aliphatic heterocycles. The Balaban J connectivity index is 0.00000230. The summed E-state index contributed by atoms with van der Waals surface area (Å²) in [6, 6.07) is 6.85. The van der Waals surface area contributed by atoms with E-state index in [1.54, 1.807) is 18.5 Å². The van der Waals surface area contributed by atoms with Crippen LogP contribution in [0.1, 0.15) is 30.5 Å². The van der Waals surface area contributed by atoms with Crippen molar-refractivity contribution in [3.63, 3.8) is 0 Å². The number of likely N-dealkylation sites (tertiary alicyclic amines) is 1. The van der Waals surface area contributed by atoms with Crippen molar-refractivity contribution in [3.8, 4) is 12.1 Å². The van der Waals surface area contributed by atoms with Crippen molar-refractivity contribution in [1.82, 2.24) is 24.8 Å². The number of amides is 1. The average molecular weight is 657 g/mol. The molecular formula is C31H38F2N8O2S2. The Kier molecular flexibility index (Phi) is 11.1. The van der Waals surface area contributed by atoms with Crippen molar-refractivity contribution in [1.29, 1.82) is 5.26 Å². The number of nitrogens with zero attached hydrogens (tertiary/aromatic N) is 8. The highest BCUT2D eigenvalue weighted by atomic mass is 32.1. The number of halogens is 2. The first-order valence-corrected chi connectivity index (χ1v) is 14.6. The molecule has 10 nitrogen and oxygen atoms in total. The van der Waals surface area contributed by atoms with Gasteiger partial charge in [-0.2, -0.15) is 42.2 Å². The summed E-state index contributed by atoms with van der Waals surface area (Å²) in [6.07, 6.45) is 6.30. The zero-order valence-corrected chi connectivity index (χ0v) is 27.2. The van der Waals surface area contributed by atoms with Gasteiger partial charge in [0.15, 0.2) is 5.83 Å². The molecule has 2 atom stereocenters. The lowest BCUT2D eigenvalue weighted by atomic mass is 10.0. The van der Waals surface area contributed by atoms with Gasteiger partial charge in [-0.05, 0) is 51.1 Å². The lowest BCUT2D eigenvalue weighted by molar-refractivity contribution is -0.131. The van der Waals surface area contributed by atoms with E-state index in [1.165, 1.54) is 17.0 Å². The van der Waals surface area contributed by atoms with Crippen LogP contribution in [0.3, 0.4) is 0 Å². The number of nitriles is 1. The Morgan fingerprint density at radius 1 is 1.13 bits per heavy atom. The molecule has 3 aromatic rings. The van der Waals surface area contributed by atoms with Crippen molar-refractivity contribution in [2.75, 3.05) is 56.2 Å². The predicted molar refractivity (Wildman–Crippen MR) is 179 cm³/mol. The van der Waals surface area contributed by atoms with Crippen molar-refractivity contribution in [2.45, 2.75) is 44.3 Å². The summed E-state index contributed by atoms with van der Waals surface area (Å²) in [5.41, 5.74) is 2.59. The van der Waals surface area contributed by atoms with Crippen LogP contribution in [-0.4, -0.2) is 89.1 Å². The second-order valence-corrected chi connectivity index (χ2v) is 11.4. The fourth-order valence-corrected chi connectivity index (χ4v) is 6.40. The number of rotatable bonds is 7. The molecule has 2 fully saturated rings. The summed E-state index contributed by atoms with van der Waals surface area (Å²) in [4.78, 5) is 34.4. The summed E-state index contributed by atoms with van der Waals surface area (Å²) >= 11 is 0. The molecule has 1 aromatic carbocycles. The van der Waals surface area contributed by atoms with Crippen molar-refractivity contribution >= 4 is 55.2 Å². The Morgan fingerprint density at radius 2 is 1.96 bits per heavy atom. The minimum Gasteiger partial charge on any atom is -0.462 e. The van der Waals surface area contributed by atoms with Crippen molar-refractivity contribution in [3.05, 3.63) is 60.1 Å². The largest absolute Gasteiger partial charge is 0.462 e. The van der Waals surface area contributed by atoms with Gasteiger partial charge in [-0.25, -0.2) is 8.78 Å². The summed E-state index contributed by atoms with van der Waals surface area (Å²) < 4.78 is 34.2. The SMILES string of the molecule is C=C(F)C(=O)N1CCN(c2nc(OC[C@@H]3CCCN3C)nc3c2CCN(c2cncc4ccc(F)cc24)C3)C[C@@H]1CC#N.S.S.